The second-order valence-electron chi connectivity index (χ2n) is 4.87. The lowest BCUT2D eigenvalue weighted by atomic mass is 10.1. The summed E-state index contributed by atoms with van der Waals surface area (Å²) in [4.78, 5) is 9.30. The van der Waals surface area contributed by atoms with Crippen molar-refractivity contribution < 1.29 is 17.7 Å². The molecule has 110 valence electrons. The van der Waals surface area contributed by atoms with Crippen molar-refractivity contribution in [3.05, 3.63) is 34.1 Å². The maximum absolute atomic E-state index is 13.4. The van der Waals surface area contributed by atoms with Crippen molar-refractivity contribution in [3.8, 4) is 0 Å². The van der Waals surface area contributed by atoms with Gasteiger partial charge < -0.3 is 0 Å². The summed E-state index contributed by atoms with van der Waals surface area (Å²) in [6.07, 6.45) is 4.16. The highest BCUT2D eigenvalue weighted by Crippen LogP contribution is 2.25. The molecule has 0 atom stereocenters. The molecule has 0 saturated heterocycles. The molecule has 0 amide bonds. The van der Waals surface area contributed by atoms with Crippen LogP contribution in [0.15, 0.2) is 23.1 Å². The van der Waals surface area contributed by atoms with Crippen LogP contribution in [0.5, 0.6) is 0 Å². The lowest BCUT2D eigenvalue weighted by Gasteiger charge is -2.11. The number of benzene rings is 1. The highest BCUT2D eigenvalue weighted by atomic mass is 32.2. The number of halogens is 1. The third kappa shape index (κ3) is 3.31. The molecule has 1 aliphatic rings. The number of sulfonamides is 1. The number of hydrogen-bond acceptors (Lipinski definition) is 4. The molecule has 1 aliphatic carbocycles. The van der Waals surface area contributed by atoms with Gasteiger partial charge in [0.15, 0.2) is 0 Å². The normalized spacial score (nSPS) is 16.4. The van der Waals surface area contributed by atoms with E-state index in [0.29, 0.717) is 18.5 Å². The van der Waals surface area contributed by atoms with E-state index in [9.17, 15) is 22.9 Å². The van der Waals surface area contributed by atoms with Gasteiger partial charge in [0, 0.05) is 18.7 Å². The number of nitro groups is 1. The first-order valence-corrected chi connectivity index (χ1v) is 7.82. The van der Waals surface area contributed by atoms with Crippen molar-refractivity contribution in [2.24, 2.45) is 5.92 Å². The quantitative estimate of drug-likeness (QED) is 0.667. The Morgan fingerprint density at radius 2 is 2.00 bits per heavy atom. The molecular weight excluding hydrogens is 287 g/mol. The van der Waals surface area contributed by atoms with Gasteiger partial charge >= 0.3 is 5.69 Å². The van der Waals surface area contributed by atoms with E-state index in [4.69, 9.17) is 0 Å². The smallest absolute Gasteiger partial charge is 0.258 e. The zero-order valence-electron chi connectivity index (χ0n) is 10.7. The minimum Gasteiger partial charge on any atom is -0.258 e. The maximum atomic E-state index is 13.4. The Morgan fingerprint density at radius 3 is 2.55 bits per heavy atom. The van der Waals surface area contributed by atoms with E-state index >= 15 is 0 Å². The summed E-state index contributed by atoms with van der Waals surface area (Å²) in [6.45, 7) is 0.320. The molecule has 0 heterocycles. The zero-order valence-corrected chi connectivity index (χ0v) is 11.5. The first kappa shape index (κ1) is 14.9. The van der Waals surface area contributed by atoms with Crippen molar-refractivity contribution >= 4 is 15.7 Å². The fourth-order valence-electron chi connectivity index (χ4n) is 2.33. The molecule has 1 fully saturated rings. The van der Waals surface area contributed by atoms with Gasteiger partial charge in [-0.15, -0.1) is 0 Å². The van der Waals surface area contributed by atoms with E-state index in [1.165, 1.54) is 0 Å². The van der Waals surface area contributed by atoms with Crippen molar-refractivity contribution in [2.45, 2.75) is 30.6 Å². The van der Waals surface area contributed by atoms with Crippen LogP contribution in [-0.2, 0) is 10.0 Å². The molecule has 1 N–H and O–H groups in total. The summed E-state index contributed by atoms with van der Waals surface area (Å²) >= 11 is 0. The second-order valence-corrected chi connectivity index (χ2v) is 6.64. The first-order chi connectivity index (χ1) is 9.40. The average Bonchev–Trinajstić information content (AvgIpc) is 2.89. The highest BCUT2D eigenvalue weighted by molar-refractivity contribution is 7.89. The molecule has 0 spiro atoms. The predicted molar refractivity (Wildman–Crippen MR) is 70.2 cm³/mol. The fourth-order valence-corrected chi connectivity index (χ4v) is 3.46. The molecule has 2 rings (SSSR count). The van der Waals surface area contributed by atoms with Crippen LogP contribution in [0.4, 0.5) is 10.1 Å². The van der Waals surface area contributed by atoms with E-state index in [1.807, 2.05) is 0 Å². The van der Waals surface area contributed by atoms with Crippen LogP contribution in [0.2, 0.25) is 0 Å². The molecule has 1 aromatic rings. The van der Waals surface area contributed by atoms with Crippen molar-refractivity contribution in [2.75, 3.05) is 6.54 Å². The summed E-state index contributed by atoms with van der Waals surface area (Å²) in [5, 5.41) is 10.5. The van der Waals surface area contributed by atoms with E-state index in [0.717, 1.165) is 37.8 Å². The SMILES string of the molecule is O=[N+]([O-])c1ccc(S(=O)(=O)NCC2CCCC2)cc1F. The largest absolute Gasteiger partial charge is 0.304 e. The number of hydrogen-bond donors (Lipinski definition) is 1. The third-order valence-corrected chi connectivity index (χ3v) is 4.88. The van der Waals surface area contributed by atoms with Crippen molar-refractivity contribution in [3.63, 3.8) is 0 Å². The lowest BCUT2D eigenvalue weighted by Crippen LogP contribution is -2.28. The molecule has 1 saturated carbocycles. The molecule has 0 bridgehead atoms. The van der Waals surface area contributed by atoms with Gasteiger partial charge in [-0.1, -0.05) is 12.8 Å². The van der Waals surface area contributed by atoms with Crippen LogP contribution in [0.25, 0.3) is 0 Å². The van der Waals surface area contributed by atoms with Crippen molar-refractivity contribution in [1.82, 2.24) is 4.72 Å². The summed E-state index contributed by atoms with van der Waals surface area (Å²) < 4.78 is 39.8. The molecule has 6 nitrogen and oxygen atoms in total. The Morgan fingerprint density at radius 1 is 1.35 bits per heavy atom. The van der Waals surface area contributed by atoms with Crippen LogP contribution < -0.4 is 4.72 Å². The monoisotopic (exact) mass is 302 g/mol. The summed E-state index contributed by atoms with van der Waals surface area (Å²) in [5.41, 5.74) is -0.736. The topological polar surface area (TPSA) is 89.3 Å². The summed E-state index contributed by atoms with van der Waals surface area (Å²) in [5.74, 6) is -0.841. The van der Waals surface area contributed by atoms with Gasteiger partial charge in [-0.25, -0.2) is 13.1 Å². The van der Waals surface area contributed by atoms with E-state index in [-0.39, 0.29) is 4.90 Å². The zero-order chi connectivity index (χ0) is 14.8. The van der Waals surface area contributed by atoms with Gasteiger partial charge in [-0.05, 0) is 24.8 Å². The second kappa shape index (κ2) is 5.84. The van der Waals surface area contributed by atoms with Crippen LogP contribution in [0.3, 0.4) is 0 Å². The molecule has 8 heteroatoms. The van der Waals surface area contributed by atoms with E-state index < -0.39 is 26.5 Å². The molecular formula is C12H15FN2O4S. The molecule has 20 heavy (non-hydrogen) atoms. The standard InChI is InChI=1S/C12H15FN2O4S/c13-11-7-10(5-6-12(11)15(16)17)20(18,19)14-8-9-3-1-2-4-9/h5-7,9,14H,1-4,8H2. The number of rotatable bonds is 5. The Bertz CT molecular complexity index is 612. The van der Waals surface area contributed by atoms with Crippen LogP contribution in [0, 0.1) is 21.8 Å². The average molecular weight is 302 g/mol. The van der Waals surface area contributed by atoms with Crippen LogP contribution >= 0.6 is 0 Å². The highest BCUT2D eigenvalue weighted by Gasteiger charge is 2.22. The molecule has 1 aromatic carbocycles. The molecule has 0 aromatic heterocycles. The van der Waals surface area contributed by atoms with Crippen LogP contribution in [0.1, 0.15) is 25.7 Å². The van der Waals surface area contributed by atoms with E-state index in [2.05, 4.69) is 4.72 Å². The predicted octanol–water partition coefficient (Wildman–Crippen LogP) is 2.20. The van der Waals surface area contributed by atoms with Gasteiger partial charge in [0.25, 0.3) is 0 Å². The Hall–Kier alpha value is -1.54. The molecule has 0 unspecified atom stereocenters. The maximum Gasteiger partial charge on any atom is 0.304 e. The summed E-state index contributed by atoms with van der Waals surface area (Å²) in [6, 6.07) is 2.58. The Kier molecular flexibility index (Phi) is 4.34. The number of nitrogens with zero attached hydrogens (tertiary/aromatic N) is 1. The van der Waals surface area contributed by atoms with Gasteiger partial charge in [0.2, 0.25) is 15.8 Å². The van der Waals surface area contributed by atoms with Crippen molar-refractivity contribution in [1.29, 1.82) is 0 Å². The lowest BCUT2D eigenvalue weighted by molar-refractivity contribution is -0.387. The number of nitrogens with one attached hydrogen (secondary N) is 1. The number of nitro benzene ring substituents is 1. The summed E-state index contributed by atoms with van der Waals surface area (Å²) in [7, 11) is -3.83. The Labute approximate surface area is 116 Å². The van der Waals surface area contributed by atoms with Gasteiger partial charge in [-0.3, -0.25) is 10.1 Å². The Balaban J connectivity index is 2.12. The van der Waals surface area contributed by atoms with Gasteiger partial charge in [0.05, 0.1) is 9.82 Å². The van der Waals surface area contributed by atoms with Crippen LogP contribution in [-0.4, -0.2) is 19.9 Å². The molecule has 0 aliphatic heterocycles. The molecule has 0 radical (unpaired) electrons. The minimum absolute atomic E-state index is 0.293. The van der Waals surface area contributed by atoms with Gasteiger partial charge in [0.1, 0.15) is 0 Å². The minimum atomic E-state index is -3.83. The van der Waals surface area contributed by atoms with E-state index in [1.54, 1.807) is 0 Å². The first-order valence-electron chi connectivity index (χ1n) is 6.34. The third-order valence-electron chi connectivity index (χ3n) is 3.46. The fraction of sp³-hybridized carbons (Fsp3) is 0.500. The van der Waals surface area contributed by atoms with Gasteiger partial charge in [-0.2, -0.15) is 4.39 Å².